The second-order valence-electron chi connectivity index (χ2n) is 8.33. The first-order valence-corrected chi connectivity index (χ1v) is 13.4. The van der Waals surface area contributed by atoms with E-state index in [1.54, 1.807) is 36.4 Å². The average Bonchev–Trinajstić information content (AvgIpc) is 3.29. The van der Waals surface area contributed by atoms with Crippen molar-refractivity contribution in [1.82, 2.24) is 14.4 Å². The summed E-state index contributed by atoms with van der Waals surface area (Å²) in [6.07, 6.45) is 0. The van der Waals surface area contributed by atoms with E-state index >= 15 is 0 Å². The molecule has 2 heterocycles. The predicted molar refractivity (Wildman–Crippen MR) is 147 cm³/mol. The molecule has 0 bridgehead atoms. The maximum atomic E-state index is 13.3. The van der Waals surface area contributed by atoms with Gasteiger partial charge in [-0.15, -0.1) is 0 Å². The Morgan fingerprint density at radius 3 is 2.35 bits per heavy atom. The quantitative estimate of drug-likeness (QED) is 0.255. The van der Waals surface area contributed by atoms with E-state index < -0.39 is 10.0 Å². The van der Waals surface area contributed by atoms with Gasteiger partial charge in [0.15, 0.2) is 0 Å². The highest BCUT2D eigenvalue weighted by Crippen LogP contribution is 2.36. The van der Waals surface area contributed by atoms with Gasteiger partial charge in [-0.05, 0) is 72.8 Å². The Kier molecular flexibility index (Phi) is 5.67. The number of methoxy groups -OCH3 is 1. The summed E-state index contributed by atoms with van der Waals surface area (Å²) >= 11 is 12.7. The standard InChI is InChI=1S/C27H18Cl2N4O3S/c1-36-18-8-10-19(11-9-18)37(34,35)32-23-13-7-17(29)15-21(23)27-30-22-12-6-16(28)14-20(22)26-31-24-4-2-3-5-25(24)33(26)27/h2-15,32H,1H3. The normalized spacial score (nSPS) is 11.9. The van der Waals surface area contributed by atoms with Crippen LogP contribution in [0.5, 0.6) is 5.75 Å². The van der Waals surface area contributed by atoms with Crippen LogP contribution in [0.15, 0.2) is 89.8 Å². The topological polar surface area (TPSA) is 85.6 Å². The number of fused-ring (bicyclic) bond motifs is 5. The van der Waals surface area contributed by atoms with E-state index in [2.05, 4.69) is 4.72 Å². The highest BCUT2D eigenvalue weighted by Gasteiger charge is 2.21. The number of ether oxygens (including phenoxy) is 1. The summed E-state index contributed by atoms with van der Waals surface area (Å²) in [5.74, 6) is 1.04. The molecule has 0 radical (unpaired) electrons. The molecule has 7 nitrogen and oxygen atoms in total. The van der Waals surface area contributed by atoms with E-state index in [0.717, 1.165) is 16.4 Å². The number of nitrogens with one attached hydrogen (secondary N) is 1. The van der Waals surface area contributed by atoms with Crippen molar-refractivity contribution in [3.8, 4) is 17.1 Å². The number of imidazole rings is 1. The molecule has 6 rings (SSSR count). The van der Waals surface area contributed by atoms with E-state index in [0.29, 0.717) is 44.0 Å². The molecule has 0 atom stereocenters. The number of sulfonamides is 1. The molecule has 0 aliphatic heterocycles. The minimum Gasteiger partial charge on any atom is -0.497 e. The first-order valence-electron chi connectivity index (χ1n) is 11.2. The van der Waals surface area contributed by atoms with E-state index in [-0.39, 0.29) is 4.90 Å². The smallest absolute Gasteiger partial charge is 0.261 e. The molecule has 37 heavy (non-hydrogen) atoms. The van der Waals surface area contributed by atoms with Gasteiger partial charge >= 0.3 is 0 Å². The summed E-state index contributed by atoms with van der Waals surface area (Å²) in [5, 5.41) is 1.76. The van der Waals surface area contributed by atoms with Crippen LogP contribution in [0, 0.1) is 0 Å². The van der Waals surface area contributed by atoms with E-state index in [9.17, 15) is 8.42 Å². The maximum Gasteiger partial charge on any atom is 0.261 e. The van der Waals surface area contributed by atoms with Crippen LogP contribution in [-0.4, -0.2) is 29.9 Å². The lowest BCUT2D eigenvalue weighted by molar-refractivity contribution is 0.414. The van der Waals surface area contributed by atoms with Crippen LogP contribution in [0.3, 0.4) is 0 Å². The molecule has 0 fully saturated rings. The molecule has 6 aromatic rings. The predicted octanol–water partition coefficient (Wildman–Crippen LogP) is 6.82. The number of hydrogen-bond donors (Lipinski definition) is 1. The second kappa shape index (κ2) is 8.92. The first kappa shape index (κ1) is 23.5. The Labute approximate surface area is 222 Å². The molecule has 0 spiro atoms. The summed E-state index contributed by atoms with van der Waals surface area (Å²) in [4.78, 5) is 9.85. The van der Waals surface area contributed by atoms with Gasteiger partial charge in [0, 0.05) is 21.0 Å². The molecule has 4 aromatic carbocycles. The Bertz CT molecular complexity index is 1940. The van der Waals surface area contributed by atoms with E-state index in [1.165, 1.54) is 19.2 Å². The molecular weight excluding hydrogens is 531 g/mol. The molecular formula is C27H18Cl2N4O3S. The highest BCUT2D eigenvalue weighted by molar-refractivity contribution is 7.92. The van der Waals surface area contributed by atoms with Crippen LogP contribution in [0.4, 0.5) is 5.69 Å². The number of nitrogens with zero attached hydrogens (tertiary/aromatic N) is 3. The zero-order chi connectivity index (χ0) is 25.7. The van der Waals surface area contributed by atoms with Crippen LogP contribution in [-0.2, 0) is 10.0 Å². The van der Waals surface area contributed by atoms with Gasteiger partial charge in [0.05, 0.1) is 34.2 Å². The maximum absolute atomic E-state index is 13.3. The van der Waals surface area contributed by atoms with Crippen LogP contribution in [0.2, 0.25) is 10.0 Å². The van der Waals surface area contributed by atoms with Crippen LogP contribution in [0.1, 0.15) is 0 Å². The summed E-state index contributed by atoms with van der Waals surface area (Å²) in [6.45, 7) is 0. The lowest BCUT2D eigenvalue weighted by Gasteiger charge is -2.15. The van der Waals surface area contributed by atoms with Crippen molar-refractivity contribution in [3.05, 3.63) is 95.0 Å². The third-order valence-corrected chi connectivity index (χ3v) is 7.89. The van der Waals surface area contributed by atoms with Gasteiger partial charge in [-0.2, -0.15) is 0 Å². The molecule has 10 heteroatoms. The van der Waals surface area contributed by atoms with Crippen molar-refractivity contribution in [3.63, 3.8) is 0 Å². The van der Waals surface area contributed by atoms with Crippen molar-refractivity contribution < 1.29 is 13.2 Å². The van der Waals surface area contributed by atoms with Gasteiger partial charge in [-0.3, -0.25) is 9.12 Å². The Morgan fingerprint density at radius 2 is 1.57 bits per heavy atom. The fraction of sp³-hybridized carbons (Fsp3) is 0.0370. The molecule has 1 N–H and O–H groups in total. The van der Waals surface area contributed by atoms with Gasteiger partial charge in [0.1, 0.15) is 17.2 Å². The minimum atomic E-state index is -3.93. The monoisotopic (exact) mass is 548 g/mol. The van der Waals surface area contributed by atoms with Gasteiger partial charge in [-0.25, -0.2) is 18.4 Å². The molecule has 0 saturated heterocycles. The first-order chi connectivity index (χ1) is 17.8. The fourth-order valence-corrected chi connectivity index (χ4v) is 5.72. The SMILES string of the molecule is COc1ccc(S(=O)(=O)Nc2ccc(Cl)cc2-c2nc3ccc(Cl)cc3c3nc4ccccc4n23)cc1. The third-order valence-electron chi connectivity index (χ3n) is 6.04. The van der Waals surface area contributed by atoms with Gasteiger partial charge in [-0.1, -0.05) is 35.3 Å². The molecule has 0 aliphatic carbocycles. The number of halogens is 2. The number of benzene rings is 4. The van der Waals surface area contributed by atoms with E-state index in [4.69, 9.17) is 37.9 Å². The largest absolute Gasteiger partial charge is 0.497 e. The number of rotatable bonds is 5. The summed E-state index contributed by atoms with van der Waals surface area (Å²) in [6, 6.07) is 24.1. The number of para-hydroxylation sites is 2. The zero-order valence-electron chi connectivity index (χ0n) is 19.3. The van der Waals surface area contributed by atoms with Crippen molar-refractivity contribution in [1.29, 1.82) is 0 Å². The highest BCUT2D eigenvalue weighted by atomic mass is 35.5. The van der Waals surface area contributed by atoms with Crippen molar-refractivity contribution in [2.24, 2.45) is 0 Å². The van der Waals surface area contributed by atoms with Crippen molar-refractivity contribution >= 4 is 66.5 Å². The zero-order valence-corrected chi connectivity index (χ0v) is 21.6. The van der Waals surface area contributed by atoms with Gasteiger partial charge in [0.25, 0.3) is 10.0 Å². The van der Waals surface area contributed by atoms with E-state index in [1.807, 2.05) is 40.8 Å². The van der Waals surface area contributed by atoms with Crippen LogP contribution >= 0.6 is 23.2 Å². The molecule has 0 aliphatic rings. The second-order valence-corrected chi connectivity index (χ2v) is 10.9. The molecule has 184 valence electrons. The summed E-state index contributed by atoms with van der Waals surface area (Å²) in [7, 11) is -2.41. The minimum absolute atomic E-state index is 0.0912. The fourth-order valence-electron chi connectivity index (χ4n) is 4.30. The lowest BCUT2D eigenvalue weighted by atomic mass is 10.1. The number of aromatic nitrogens is 3. The molecule has 0 unspecified atom stereocenters. The number of hydrogen-bond acceptors (Lipinski definition) is 5. The van der Waals surface area contributed by atoms with Gasteiger partial charge in [0.2, 0.25) is 0 Å². The average molecular weight is 549 g/mol. The van der Waals surface area contributed by atoms with Gasteiger partial charge < -0.3 is 4.74 Å². The lowest BCUT2D eigenvalue weighted by Crippen LogP contribution is -2.14. The summed E-state index contributed by atoms with van der Waals surface area (Å²) in [5.41, 5.74) is 3.69. The Hall–Kier alpha value is -3.85. The van der Waals surface area contributed by atoms with Crippen molar-refractivity contribution in [2.45, 2.75) is 4.90 Å². The summed E-state index contributed by atoms with van der Waals surface area (Å²) < 4.78 is 36.4. The number of anilines is 1. The Balaban J connectivity index is 1.61. The van der Waals surface area contributed by atoms with Crippen molar-refractivity contribution in [2.75, 3.05) is 11.8 Å². The van der Waals surface area contributed by atoms with Crippen LogP contribution in [0.25, 0.3) is 39.0 Å². The molecule has 2 aromatic heterocycles. The Morgan fingerprint density at radius 1 is 0.838 bits per heavy atom. The third kappa shape index (κ3) is 4.13. The van der Waals surface area contributed by atoms with Crippen LogP contribution < -0.4 is 9.46 Å². The molecule has 0 amide bonds. The molecule has 0 saturated carbocycles.